The molecule has 0 aliphatic carbocycles. The molecule has 2 N–H and O–H groups in total. The predicted octanol–water partition coefficient (Wildman–Crippen LogP) is 2.55. The van der Waals surface area contributed by atoms with Gasteiger partial charge in [-0.2, -0.15) is 0 Å². The Morgan fingerprint density at radius 2 is 1.84 bits per heavy atom. The molecule has 0 saturated carbocycles. The molecule has 2 aromatic carbocycles. The normalized spacial score (nSPS) is 20.5. The van der Waals surface area contributed by atoms with E-state index in [0.717, 1.165) is 16.7 Å². The van der Waals surface area contributed by atoms with E-state index in [1.54, 1.807) is 6.07 Å². The highest BCUT2D eigenvalue weighted by molar-refractivity contribution is 5.46. The van der Waals surface area contributed by atoms with Gasteiger partial charge in [0.25, 0.3) is 0 Å². The van der Waals surface area contributed by atoms with E-state index in [0.29, 0.717) is 5.75 Å². The standard InChI is InChI=1S/C16H16O3/c1-11-7-8-15-13(9-11)14(10-16(17,18)19-15)12-5-3-2-4-6-12/h2-9,14,17-18H,10H2,1H3. The molecule has 0 spiro atoms. The second kappa shape index (κ2) is 4.37. The SMILES string of the molecule is Cc1ccc2c(c1)C(c1ccccc1)CC(O)(O)O2. The van der Waals surface area contributed by atoms with Crippen LogP contribution in [0.1, 0.15) is 29.0 Å². The number of fused-ring (bicyclic) bond motifs is 1. The van der Waals surface area contributed by atoms with Crippen LogP contribution in [-0.2, 0) is 0 Å². The highest BCUT2D eigenvalue weighted by Gasteiger charge is 2.38. The van der Waals surface area contributed by atoms with Gasteiger partial charge >= 0.3 is 5.97 Å². The zero-order chi connectivity index (χ0) is 13.5. The molecule has 0 bridgehead atoms. The Kier molecular flexibility index (Phi) is 2.81. The lowest BCUT2D eigenvalue weighted by Gasteiger charge is -2.35. The fourth-order valence-electron chi connectivity index (χ4n) is 2.61. The fourth-order valence-corrected chi connectivity index (χ4v) is 2.61. The van der Waals surface area contributed by atoms with E-state index in [4.69, 9.17) is 4.74 Å². The summed E-state index contributed by atoms with van der Waals surface area (Å²) in [6.45, 7) is 2.02. The summed E-state index contributed by atoms with van der Waals surface area (Å²) in [5, 5.41) is 19.7. The molecule has 0 radical (unpaired) electrons. The molecule has 0 amide bonds. The Morgan fingerprint density at radius 1 is 1.11 bits per heavy atom. The van der Waals surface area contributed by atoms with E-state index in [1.807, 2.05) is 49.4 Å². The van der Waals surface area contributed by atoms with Gasteiger partial charge in [0, 0.05) is 11.5 Å². The molecule has 0 saturated heterocycles. The number of aliphatic hydroxyl groups is 2. The van der Waals surface area contributed by atoms with Gasteiger partial charge in [-0.3, -0.25) is 0 Å². The lowest BCUT2D eigenvalue weighted by molar-refractivity contribution is -0.302. The van der Waals surface area contributed by atoms with Crippen LogP contribution >= 0.6 is 0 Å². The number of aryl methyl sites for hydroxylation is 1. The Hall–Kier alpha value is -1.84. The van der Waals surface area contributed by atoms with Crippen molar-refractivity contribution in [3.63, 3.8) is 0 Å². The van der Waals surface area contributed by atoms with E-state index in [2.05, 4.69) is 0 Å². The van der Waals surface area contributed by atoms with Crippen molar-refractivity contribution in [2.24, 2.45) is 0 Å². The molecule has 1 atom stereocenters. The highest BCUT2D eigenvalue weighted by Crippen LogP contribution is 2.42. The molecule has 1 heterocycles. The van der Waals surface area contributed by atoms with Crippen molar-refractivity contribution in [1.82, 2.24) is 0 Å². The lowest BCUT2D eigenvalue weighted by Crippen LogP contribution is -2.40. The maximum atomic E-state index is 9.86. The predicted molar refractivity (Wildman–Crippen MR) is 71.9 cm³/mol. The summed E-state index contributed by atoms with van der Waals surface area (Å²) in [4.78, 5) is 0. The fraction of sp³-hybridized carbons (Fsp3) is 0.250. The van der Waals surface area contributed by atoms with E-state index < -0.39 is 5.97 Å². The summed E-state index contributed by atoms with van der Waals surface area (Å²) < 4.78 is 5.24. The maximum absolute atomic E-state index is 9.86. The van der Waals surface area contributed by atoms with Gasteiger partial charge in [0.15, 0.2) is 0 Å². The summed E-state index contributed by atoms with van der Waals surface area (Å²) in [5.74, 6) is -1.64. The first-order chi connectivity index (χ1) is 9.05. The molecule has 0 fully saturated rings. The molecule has 2 aromatic rings. The number of ether oxygens (including phenoxy) is 1. The van der Waals surface area contributed by atoms with Crippen LogP contribution in [0.3, 0.4) is 0 Å². The first-order valence-electron chi connectivity index (χ1n) is 6.34. The molecule has 98 valence electrons. The van der Waals surface area contributed by atoms with Crippen LogP contribution in [0.25, 0.3) is 0 Å². The average molecular weight is 256 g/mol. The lowest BCUT2D eigenvalue weighted by atomic mass is 9.85. The minimum atomic E-state index is -2.11. The van der Waals surface area contributed by atoms with Crippen molar-refractivity contribution in [3.05, 3.63) is 65.2 Å². The highest BCUT2D eigenvalue weighted by atomic mass is 16.8. The van der Waals surface area contributed by atoms with Crippen LogP contribution in [0.15, 0.2) is 48.5 Å². The third kappa shape index (κ3) is 2.35. The number of benzene rings is 2. The minimum absolute atomic E-state index is 0.0696. The van der Waals surface area contributed by atoms with Crippen LogP contribution in [0, 0.1) is 6.92 Å². The zero-order valence-corrected chi connectivity index (χ0v) is 10.7. The molecule has 1 aliphatic rings. The van der Waals surface area contributed by atoms with Gasteiger partial charge in [0.1, 0.15) is 5.75 Å². The smallest absolute Gasteiger partial charge is 0.322 e. The molecular weight excluding hydrogens is 240 g/mol. The second-order valence-electron chi connectivity index (χ2n) is 5.05. The van der Waals surface area contributed by atoms with Gasteiger partial charge in [0.2, 0.25) is 0 Å². The molecule has 19 heavy (non-hydrogen) atoms. The Labute approximate surface area is 112 Å². The molecule has 1 aliphatic heterocycles. The molecule has 1 unspecified atom stereocenters. The van der Waals surface area contributed by atoms with E-state index >= 15 is 0 Å². The van der Waals surface area contributed by atoms with Crippen molar-refractivity contribution < 1.29 is 14.9 Å². The third-order valence-corrected chi connectivity index (χ3v) is 3.49. The largest absolute Gasteiger partial charge is 0.439 e. The molecular formula is C16H16O3. The monoisotopic (exact) mass is 256 g/mol. The second-order valence-corrected chi connectivity index (χ2v) is 5.05. The van der Waals surface area contributed by atoms with Crippen LogP contribution in [0.4, 0.5) is 0 Å². The molecule has 3 rings (SSSR count). The van der Waals surface area contributed by atoms with E-state index in [-0.39, 0.29) is 12.3 Å². The van der Waals surface area contributed by atoms with Gasteiger partial charge in [-0.15, -0.1) is 0 Å². The summed E-state index contributed by atoms with van der Waals surface area (Å²) in [7, 11) is 0. The van der Waals surface area contributed by atoms with Crippen LogP contribution in [0.2, 0.25) is 0 Å². The number of rotatable bonds is 1. The summed E-state index contributed by atoms with van der Waals surface area (Å²) in [5.41, 5.74) is 3.20. The average Bonchev–Trinajstić information content (AvgIpc) is 2.39. The number of hydrogen-bond donors (Lipinski definition) is 2. The zero-order valence-electron chi connectivity index (χ0n) is 10.7. The van der Waals surface area contributed by atoms with Gasteiger partial charge in [0.05, 0.1) is 6.42 Å². The molecule has 0 aromatic heterocycles. The van der Waals surface area contributed by atoms with Crippen LogP contribution in [-0.4, -0.2) is 16.2 Å². The topological polar surface area (TPSA) is 49.7 Å². The molecule has 3 nitrogen and oxygen atoms in total. The Bertz CT molecular complexity index is 590. The van der Waals surface area contributed by atoms with Crippen molar-refractivity contribution in [2.75, 3.05) is 0 Å². The van der Waals surface area contributed by atoms with Crippen LogP contribution in [0.5, 0.6) is 5.75 Å². The first-order valence-corrected chi connectivity index (χ1v) is 6.34. The van der Waals surface area contributed by atoms with Crippen molar-refractivity contribution in [3.8, 4) is 5.75 Å². The Balaban J connectivity index is 2.12. The van der Waals surface area contributed by atoms with Gasteiger partial charge in [-0.1, -0.05) is 48.0 Å². The van der Waals surface area contributed by atoms with Gasteiger partial charge in [-0.25, -0.2) is 0 Å². The van der Waals surface area contributed by atoms with Crippen molar-refractivity contribution >= 4 is 0 Å². The third-order valence-electron chi connectivity index (χ3n) is 3.49. The van der Waals surface area contributed by atoms with Crippen molar-refractivity contribution in [2.45, 2.75) is 25.2 Å². The van der Waals surface area contributed by atoms with Crippen LogP contribution < -0.4 is 4.74 Å². The summed E-state index contributed by atoms with van der Waals surface area (Å²) in [6.07, 6.45) is 0.132. The van der Waals surface area contributed by atoms with Gasteiger partial charge < -0.3 is 14.9 Å². The van der Waals surface area contributed by atoms with E-state index in [9.17, 15) is 10.2 Å². The summed E-state index contributed by atoms with van der Waals surface area (Å²) >= 11 is 0. The van der Waals surface area contributed by atoms with Crippen molar-refractivity contribution in [1.29, 1.82) is 0 Å². The minimum Gasteiger partial charge on any atom is -0.439 e. The maximum Gasteiger partial charge on any atom is 0.322 e. The quantitative estimate of drug-likeness (QED) is 0.771. The first kappa shape index (κ1) is 12.2. The van der Waals surface area contributed by atoms with Gasteiger partial charge in [-0.05, 0) is 18.6 Å². The molecule has 3 heteroatoms. The Morgan fingerprint density at radius 3 is 2.58 bits per heavy atom. The summed E-state index contributed by atoms with van der Waals surface area (Å²) in [6, 6.07) is 15.6. The van der Waals surface area contributed by atoms with E-state index in [1.165, 1.54) is 0 Å². The number of hydrogen-bond acceptors (Lipinski definition) is 3.